The molecule has 0 aromatic rings. The minimum absolute atomic E-state index is 1.00. The van der Waals surface area contributed by atoms with E-state index in [1.165, 1.54) is 4.91 Å². The number of rotatable bonds is 0. The van der Waals surface area contributed by atoms with Crippen LogP contribution in [0.4, 0.5) is 0 Å². The van der Waals surface area contributed by atoms with Crippen molar-refractivity contribution in [1.29, 1.82) is 0 Å². The quantitative estimate of drug-likeness (QED) is 0.538. The summed E-state index contributed by atoms with van der Waals surface area (Å²) in [6, 6.07) is 0. The zero-order valence-corrected chi connectivity index (χ0v) is 6.35. The molecule has 0 radical (unpaired) electrons. The van der Waals surface area contributed by atoms with Crippen LogP contribution in [0.1, 0.15) is 13.8 Å². The van der Waals surface area contributed by atoms with Crippen LogP contribution in [-0.4, -0.2) is 12.4 Å². The van der Waals surface area contributed by atoms with Crippen molar-refractivity contribution in [3.05, 3.63) is 11.5 Å². The molecule has 1 aliphatic heterocycles. The summed E-state index contributed by atoms with van der Waals surface area (Å²) in [5.74, 6) is 1.05. The third-order valence-electron chi connectivity index (χ3n) is 0.701. The van der Waals surface area contributed by atoms with E-state index in [1.807, 2.05) is 13.8 Å². The summed E-state index contributed by atoms with van der Waals surface area (Å²) in [7, 11) is 0. The van der Waals surface area contributed by atoms with Gasteiger partial charge in [-0.25, -0.2) is 0 Å². The van der Waals surface area contributed by atoms with Gasteiger partial charge >= 0.3 is 0 Å². The lowest BCUT2D eigenvalue weighted by Gasteiger charge is -1.78. The summed E-state index contributed by atoms with van der Waals surface area (Å²) < 4.78 is 0. The van der Waals surface area contributed by atoms with Crippen molar-refractivity contribution in [2.45, 2.75) is 13.8 Å². The highest BCUT2D eigenvalue weighted by molar-refractivity contribution is 8.03. The Labute approximate surface area is 55.5 Å². The Morgan fingerprint density at radius 3 is 2.38 bits per heavy atom. The monoisotopic (exact) mass is 131 g/mol. The first-order valence-electron chi connectivity index (χ1n) is 2.91. The van der Waals surface area contributed by atoms with E-state index in [0.717, 1.165) is 12.4 Å². The van der Waals surface area contributed by atoms with E-state index in [0.29, 0.717) is 0 Å². The lowest BCUT2D eigenvalue weighted by Crippen LogP contribution is -2.03. The molecule has 1 nitrogen and oxygen atoms in total. The van der Waals surface area contributed by atoms with Gasteiger partial charge in [-0.2, -0.15) is 0 Å². The Morgan fingerprint density at radius 2 is 2.25 bits per heavy atom. The fraction of sp³-hybridized carbons (Fsp3) is 0.667. The molecular weight excluding hydrogens is 118 g/mol. The molecule has 1 saturated heterocycles. The van der Waals surface area contributed by atoms with Crippen LogP contribution < -0.4 is 5.32 Å². The molecule has 0 spiro atoms. The first-order valence-corrected chi connectivity index (χ1v) is 3.89. The second-order valence-corrected chi connectivity index (χ2v) is 2.41. The molecular formula is C6H13NS. The van der Waals surface area contributed by atoms with Crippen molar-refractivity contribution in [3.63, 3.8) is 0 Å². The van der Waals surface area contributed by atoms with E-state index in [1.54, 1.807) is 11.8 Å². The zero-order valence-electron chi connectivity index (χ0n) is 5.53. The van der Waals surface area contributed by atoms with Crippen LogP contribution in [0, 0.1) is 0 Å². The van der Waals surface area contributed by atoms with Gasteiger partial charge in [0.05, 0.1) is 0 Å². The van der Waals surface area contributed by atoms with Gasteiger partial charge in [-0.1, -0.05) is 20.4 Å². The lowest BCUT2D eigenvalue weighted by atomic mass is 10.6. The van der Waals surface area contributed by atoms with Crippen LogP contribution in [0.5, 0.6) is 0 Å². The molecule has 1 N–H and O–H groups in total. The van der Waals surface area contributed by atoms with E-state index in [4.69, 9.17) is 0 Å². The number of hydrogen-bond donors (Lipinski definition) is 1. The predicted octanol–water partition coefficient (Wildman–Crippen LogP) is 1.82. The van der Waals surface area contributed by atoms with Crippen molar-refractivity contribution < 1.29 is 0 Å². The van der Waals surface area contributed by atoms with Gasteiger partial charge in [-0.05, 0) is 4.91 Å². The Morgan fingerprint density at radius 1 is 1.62 bits per heavy atom. The molecule has 0 aliphatic carbocycles. The molecule has 1 aliphatic rings. The summed E-state index contributed by atoms with van der Waals surface area (Å²) >= 11 is 1.79. The standard InChI is InChI=1S/C4H7NS.C2H6/c1-4-2-5-3-6-4;1-2/h5H,1-3H2;1-2H3. The molecule has 8 heavy (non-hydrogen) atoms. The topological polar surface area (TPSA) is 12.0 Å². The summed E-state index contributed by atoms with van der Waals surface area (Å²) in [6.45, 7) is 8.76. The van der Waals surface area contributed by atoms with Crippen LogP contribution in [0.25, 0.3) is 0 Å². The molecule has 0 bridgehead atoms. The lowest BCUT2D eigenvalue weighted by molar-refractivity contribution is 0.915. The first kappa shape index (κ1) is 8.05. The minimum atomic E-state index is 1.00. The molecule has 48 valence electrons. The Kier molecular flexibility index (Phi) is 5.22. The van der Waals surface area contributed by atoms with Gasteiger partial charge in [-0.3, -0.25) is 0 Å². The predicted molar refractivity (Wildman–Crippen MR) is 40.9 cm³/mol. The molecule has 0 atom stereocenters. The van der Waals surface area contributed by atoms with Crippen LogP contribution in [-0.2, 0) is 0 Å². The second kappa shape index (κ2) is 5.19. The van der Waals surface area contributed by atoms with Gasteiger partial charge in [-0.15, -0.1) is 11.8 Å². The molecule has 2 heteroatoms. The average Bonchev–Trinajstić information content (AvgIpc) is 2.24. The maximum Gasteiger partial charge on any atom is 0.0465 e. The normalized spacial score (nSPS) is 17.5. The summed E-state index contributed by atoms with van der Waals surface area (Å²) in [4.78, 5) is 1.26. The first-order chi connectivity index (χ1) is 3.89. The Hall–Kier alpha value is 0.0500. The second-order valence-electron chi connectivity index (χ2n) is 1.25. The Bertz CT molecular complexity index is 62.9. The van der Waals surface area contributed by atoms with Gasteiger partial charge in [0.2, 0.25) is 0 Å². The number of thioether (sulfide) groups is 1. The van der Waals surface area contributed by atoms with Crippen LogP contribution >= 0.6 is 11.8 Å². The molecule has 1 heterocycles. The maximum atomic E-state index is 3.75. The van der Waals surface area contributed by atoms with E-state index in [-0.39, 0.29) is 0 Å². The summed E-state index contributed by atoms with van der Waals surface area (Å²) in [5.41, 5.74) is 0. The molecule has 1 fully saturated rings. The fourth-order valence-electron chi connectivity index (χ4n) is 0.395. The van der Waals surface area contributed by atoms with E-state index in [2.05, 4.69) is 11.9 Å². The van der Waals surface area contributed by atoms with E-state index in [9.17, 15) is 0 Å². The van der Waals surface area contributed by atoms with E-state index < -0.39 is 0 Å². The highest BCUT2D eigenvalue weighted by Crippen LogP contribution is 2.14. The zero-order chi connectivity index (χ0) is 6.41. The molecule has 0 saturated carbocycles. The molecule has 0 amide bonds. The van der Waals surface area contributed by atoms with Gasteiger partial charge in [0.25, 0.3) is 0 Å². The Balaban J connectivity index is 0.000000222. The highest BCUT2D eigenvalue weighted by atomic mass is 32.2. The SMILES string of the molecule is C=C1CNCS1.CC. The smallest absolute Gasteiger partial charge is 0.0465 e. The van der Waals surface area contributed by atoms with Gasteiger partial charge in [0.15, 0.2) is 0 Å². The molecule has 0 unspecified atom stereocenters. The van der Waals surface area contributed by atoms with Crippen molar-refractivity contribution >= 4 is 11.8 Å². The molecule has 0 aromatic heterocycles. The number of hydrogen-bond acceptors (Lipinski definition) is 2. The number of nitrogens with one attached hydrogen (secondary N) is 1. The highest BCUT2D eigenvalue weighted by Gasteiger charge is 2.00. The van der Waals surface area contributed by atoms with Crippen molar-refractivity contribution in [2.24, 2.45) is 0 Å². The van der Waals surface area contributed by atoms with Gasteiger partial charge < -0.3 is 5.32 Å². The van der Waals surface area contributed by atoms with Gasteiger partial charge in [0.1, 0.15) is 0 Å². The summed E-state index contributed by atoms with van der Waals surface area (Å²) in [5, 5.41) is 3.14. The van der Waals surface area contributed by atoms with E-state index >= 15 is 0 Å². The van der Waals surface area contributed by atoms with Crippen LogP contribution in [0.2, 0.25) is 0 Å². The fourth-order valence-corrected chi connectivity index (χ4v) is 1.01. The third-order valence-corrected chi connectivity index (χ3v) is 1.60. The van der Waals surface area contributed by atoms with Crippen molar-refractivity contribution in [2.75, 3.05) is 12.4 Å². The third kappa shape index (κ3) is 3.10. The molecule has 1 rings (SSSR count). The minimum Gasteiger partial charge on any atom is -0.303 e. The average molecular weight is 131 g/mol. The maximum absolute atomic E-state index is 3.75. The molecule has 0 aromatic carbocycles. The van der Waals surface area contributed by atoms with Crippen molar-refractivity contribution in [3.8, 4) is 0 Å². The van der Waals surface area contributed by atoms with Gasteiger partial charge in [0, 0.05) is 12.4 Å². The van der Waals surface area contributed by atoms with Crippen molar-refractivity contribution in [1.82, 2.24) is 5.32 Å². The summed E-state index contributed by atoms with van der Waals surface area (Å²) in [6.07, 6.45) is 0. The van der Waals surface area contributed by atoms with Crippen LogP contribution in [0.3, 0.4) is 0 Å². The van der Waals surface area contributed by atoms with Crippen LogP contribution in [0.15, 0.2) is 11.5 Å². The largest absolute Gasteiger partial charge is 0.303 e.